The van der Waals surface area contributed by atoms with E-state index in [1.807, 2.05) is 0 Å². The first kappa shape index (κ1) is 11.7. The Morgan fingerprint density at radius 3 is 2.18 bits per heavy atom. The molecule has 0 radical (unpaired) electrons. The average molecular weight is 205 g/mol. The second-order valence-electron chi connectivity index (χ2n) is 4.87. The molecule has 0 nitrogen and oxygen atoms in total. The van der Waals surface area contributed by atoms with Crippen LogP contribution in [0.1, 0.15) is 6.92 Å². The van der Waals surface area contributed by atoms with Crippen molar-refractivity contribution in [3.05, 3.63) is 0 Å². The minimum atomic E-state index is -0.664. The molecule has 0 rings (SSSR count). The number of hydrogen-bond donors (Lipinski definition) is 0. The molecule has 0 aliphatic carbocycles. The zero-order chi connectivity index (χ0) is 8.91. The summed E-state index contributed by atoms with van der Waals surface area (Å²) in [5, 5.41) is 0. The Labute approximate surface area is 77.2 Å². The quantitative estimate of drug-likeness (QED) is 0.603. The molecular weight excluding hydrogens is 180 g/mol. The second kappa shape index (κ2) is 5.32. The fraction of sp³-hybridized carbons (Fsp3) is 1.00. The summed E-state index contributed by atoms with van der Waals surface area (Å²) in [6, 6.07) is 1.52. The number of hydrogen-bond acceptors (Lipinski definition) is 0. The molecule has 0 aliphatic rings. The van der Waals surface area contributed by atoms with Crippen molar-refractivity contribution in [1.29, 1.82) is 0 Å². The third kappa shape index (κ3) is 7.03. The Hall–Kier alpha value is 0.651. The highest BCUT2D eigenvalue weighted by atomic mass is 28.4. The lowest BCUT2D eigenvalue weighted by Gasteiger charge is -2.23. The second-order valence-corrected chi connectivity index (χ2v) is 17.3. The first-order chi connectivity index (χ1) is 4.98. The zero-order valence-electron chi connectivity index (χ0n) is 8.91. The molecule has 0 unspecified atom stereocenters. The van der Waals surface area contributed by atoms with Gasteiger partial charge in [-0.3, -0.25) is 0 Å². The standard InChI is InChI=1S/C8H24Si3/c1-6-9-7-11(4,5)8-10(2)3/h10H,6-9H2,1-5H3. The van der Waals surface area contributed by atoms with Crippen molar-refractivity contribution in [2.75, 3.05) is 0 Å². The molecule has 0 amide bonds. The van der Waals surface area contributed by atoms with E-state index in [0.717, 1.165) is 0 Å². The summed E-state index contributed by atoms with van der Waals surface area (Å²) in [5.74, 6) is 0. The fourth-order valence-electron chi connectivity index (χ4n) is 1.86. The van der Waals surface area contributed by atoms with Gasteiger partial charge in [-0.1, -0.05) is 50.5 Å². The van der Waals surface area contributed by atoms with Gasteiger partial charge in [-0.2, -0.15) is 0 Å². The third-order valence-electron chi connectivity index (χ3n) is 2.17. The maximum absolute atomic E-state index is 2.60. The highest BCUT2D eigenvalue weighted by molar-refractivity contribution is 6.92. The Bertz CT molecular complexity index is 99.5. The molecule has 0 saturated carbocycles. The molecule has 68 valence electrons. The summed E-state index contributed by atoms with van der Waals surface area (Å²) in [5.41, 5.74) is 3.38. The van der Waals surface area contributed by atoms with Gasteiger partial charge in [-0.25, -0.2) is 0 Å². The highest BCUT2D eigenvalue weighted by Gasteiger charge is 2.20. The van der Waals surface area contributed by atoms with Crippen LogP contribution in [0.2, 0.25) is 43.6 Å². The zero-order valence-corrected chi connectivity index (χ0v) is 12.5. The molecule has 0 heterocycles. The van der Waals surface area contributed by atoms with E-state index in [-0.39, 0.29) is 8.80 Å². The van der Waals surface area contributed by atoms with E-state index in [9.17, 15) is 0 Å². The maximum Gasteiger partial charge on any atom is 0.0413 e. The SMILES string of the molecule is CC[SiH2]C[Si](C)(C)C[SiH](C)C. The summed E-state index contributed by atoms with van der Waals surface area (Å²) >= 11 is 0. The summed E-state index contributed by atoms with van der Waals surface area (Å²) in [6.07, 6.45) is 0. The van der Waals surface area contributed by atoms with Gasteiger partial charge in [0, 0.05) is 26.4 Å². The molecule has 0 atom stereocenters. The summed E-state index contributed by atoms with van der Waals surface area (Å²) < 4.78 is 0. The van der Waals surface area contributed by atoms with Crippen molar-refractivity contribution >= 4 is 26.4 Å². The van der Waals surface area contributed by atoms with Crippen LogP contribution < -0.4 is 0 Å². The first-order valence-electron chi connectivity index (χ1n) is 4.98. The van der Waals surface area contributed by atoms with E-state index in [2.05, 4.69) is 33.1 Å². The Kier molecular flexibility index (Phi) is 5.64. The largest absolute Gasteiger partial charge is 0.0724 e. The van der Waals surface area contributed by atoms with Crippen LogP contribution in [-0.4, -0.2) is 26.4 Å². The molecular formula is C8H24Si3. The van der Waals surface area contributed by atoms with E-state index >= 15 is 0 Å². The van der Waals surface area contributed by atoms with Gasteiger partial charge in [-0.05, 0) is 0 Å². The summed E-state index contributed by atoms with van der Waals surface area (Å²) in [4.78, 5) is 0. The van der Waals surface area contributed by atoms with Gasteiger partial charge in [-0.15, -0.1) is 0 Å². The normalized spacial score (nSPS) is 13.6. The lowest BCUT2D eigenvalue weighted by molar-refractivity contribution is 1.42. The Balaban J connectivity index is 3.61. The summed E-state index contributed by atoms with van der Waals surface area (Å²) in [6.45, 7) is 12.6. The smallest absolute Gasteiger partial charge is 0.0413 e. The van der Waals surface area contributed by atoms with Gasteiger partial charge < -0.3 is 0 Å². The molecule has 0 bridgehead atoms. The van der Waals surface area contributed by atoms with Crippen molar-refractivity contribution in [3.8, 4) is 0 Å². The molecule has 0 spiro atoms. The van der Waals surface area contributed by atoms with Crippen LogP contribution in [-0.2, 0) is 0 Å². The van der Waals surface area contributed by atoms with E-state index in [1.54, 1.807) is 11.3 Å². The van der Waals surface area contributed by atoms with Gasteiger partial charge in [0.1, 0.15) is 0 Å². The molecule has 0 saturated heterocycles. The van der Waals surface area contributed by atoms with Gasteiger partial charge >= 0.3 is 0 Å². The minimum absolute atomic E-state index is 0.254. The maximum atomic E-state index is 2.60. The van der Waals surface area contributed by atoms with Crippen LogP contribution in [0.5, 0.6) is 0 Å². The lowest BCUT2D eigenvalue weighted by atomic mass is 11.0. The average Bonchev–Trinajstić information content (AvgIpc) is 1.81. The van der Waals surface area contributed by atoms with E-state index in [0.29, 0.717) is 9.52 Å². The van der Waals surface area contributed by atoms with E-state index < -0.39 is 8.07 Å². The monoisotopic (exact) mass is 204 g/mol. The van der Waals surface area contributed by atoms with Gasteiger partial charge in [0.15, 0.2) is 0 Å². The fourth-order valence-corrected chi connectivity index (χ4v) is 18.6. The highest BCUT2D eigenvalue weighted by Crippen LogP contribution is 2.16. The molecule has 0 aromatic heterocycles. The van der Waals surface area contributed by atoms with Crippen LogP contribution in [0.4, 0.5) is 0 Å². The van der Waals surface area contributed by atoms with Gasteiger partial charge in [0.25, 0.3) is 0 Å². The van der Waals surface area contributed by atoms with Crippen molar-refractivity contribution in [2.45, 2.75) is 50.5 Å². The molecule has 0 fully saturated rings. The van der Waals surface area contributed by atoms with Gasteiger partial charge in [0.2, 0.25) is 0 Å². The van der Waals surface area contributed by atoms with Crippen LogP contribution >= 0.6 is 0 Å². The molecule has 0 aromatic carbocycles. The van der Waals surface area contributed by atoms with E-state index in [4.69, 9.17) is 0 Å². The van der Waals surface area contributed by atoms with Crippen molar-refractivity contribution in [1.82, 2.24) is 0 Å². The molecule has 3 heteroatoms. The third-order valence-corrected chi connectivity index (χ3v) is 17.4. The molecule has 0 aliphatic heterocycles. The Morgan fingerprint density at radius 1 is 1.27 bits per heavy atom. The first-order valence-corrected chi connectivity index (χ1v) is 13.5. The van der Waals surface area contributed by atoms with Gasteiger partial charge in [0.05, 0.1) is 0 Å². The van der Waals surface area contributed by atoms with Crippen LogP contribution in [0.3, 0.4) is 0 Å². The molecule has 0 aromatic rings. The predicted molar refractivity (Wildman–Crippen MR) is 65.0 cm³/mol. The lowest BCUT2D eigenvalue weighted by Crippen LogP contribution is -2.31. The predicted octanol–water partition coefficient (Wildman–Crippen LogP) is 2.29. The van der Waals surface area contributed by atoms with E-state index in [1.165, 1.54) is 6.04 Å². The molecule has 0 N–H and O–H groups in total. The number of rotatable bonds is 5. The van der Waals surface area contributed by atoms with Crippen LogP contribution in [0.15, 0.2) is 0 Å². The minimum Gasteiger partial charge on any atom is -0.0724 e. The molecule has 11 heavy (non-hydrogen) atoms. The van der Waals surface area contributed by atoms with Crippen molar-refractivity contribution < 1.29 is 0 Å². The van der Waals surface area contributed by atoms with Crippen LogP contribution in [0, 0.1) is 0 Å². The van der Waals surface area contributed by atoms with Crippen molar-refractivity contribution in [2.24, 2.45) is 0 Å². The summed E-state index contributed by atoms with van der Waals surface area (Å²) in [7, 11) is -0.560. The Morgan fingerprint density at radius 2 is 1.82 bits per heavy atom. The topological polar surface area (TPSA) is 0 Å². The van der Waals surface area contributed by atoms with Crippen LogP contribution in [0.25, 0.3) is 0 Å². The van der Waals surface area contributed by atoms with Crippen molar-refractivity contribution in [3.63, 3.8) is 0 Å².